The van der Waals surface area contributed by atoms with Gasteiger partial charge in [-0.15, -0.1) is 0 Å². The lowest BCUT2D eigenvalue weighted by Crippen LogP contribution is -2.39. The number of aliphatic imine (C=N–C) groups is 1. The second kappa shape index (κ2) is 10.1. The zero-order valence-corrected chi connectivity index (χ0v) is 12.9. The molecular weight excluding hydrogens is 238 g/mol. The minimum atomic E-state index is 0.654. The molecule has 1 aliphatic rings. The molecule has 1 saturated carbocycles. The van der Waals surface area contributed by atoms with Crippen LogP contribution in [0.2, 0.25) is 0 Å². The van der Waals surface area contributed by atoms with Gasteiger partial charge in [0.2, 0.25) is 0 Å². The van der Waals surface area contributed by atoms with Crippen molar-refractivity contribution in [2.24, 2.45) is 10.9 Å². The lowest BCUT2D eigenvalue weighted by Gasteiger charge is -2.11. The maximum Gasteiger partial charge on any atom is 0.191 e. The molecule has 112 valence electrons. The summed E-state index contributed by atoms with van der Waals surface area (Å²) in [6, 6.07) is 0.654. The number of ether oxygens (including phenoxy) is 1. The van der Waals surface area contributed by atoms with Crippen LogP contribution in [0.4, 0.5) is 0 Å². The van der Waals surface area contributed by atoms with Crippen LogP contribution in [0, 0.1) is 5.92 Å². The lowest BCUT2D eigenvalue weighted by molar-refractivity contribution is 0.144. The van der Waals surface area contributed by atoms with Crippen molar-refractivity contribution in [2.45, 2.75) is 58.9 Å². The average molecular weight is 269 g/mol. The summed E-state index contributed by atoms with van der Waals surface area (Å²) < 4.78 is 5.32. The molecule has 0 amide bonds. The van der Waals surface area contributed by atoms with E-state index in [-0.39, 0.29) is 0 Å². The molecular formula is C15H31N3O. The highest BCUT2D eigenvalue weighted by atomic mass is 16.5. The molecule has 0 heterocycles. The van der Waals surface area contributed by atoms with Gasteiger partial charge in [-0.25, -0.2) is 0 Å². The standard InChI is InChI=1S/C15H31N3O/c1-4-9-13-12-14(13)18-15(16-5-2)17-10-7-8-11-19-6-3/h13-14H,4-12H2,1-3H3,(H2,16,17,18). The minimum absolute atomic E-state index is 0.654. The topological polar surface area (TPSA) is 45.7 Å². The van der Waals surface area contributed by atoms with Gasteiger partial charge >= 0.3 is 0 Å². The van der Waals surface area contributed by atoms with E-state index in [0.717, 1.165) is 51.0 Å². The Labute approximate surface area is 118 Å². The van der Waals surface area contributed by atoms with E-state index in [1.165, 1.54) is 19.3 Å². The van der Waals surface area contributed by atoms with Crippen LogP contribution >= 0.6 is 0 Å². The van der Waals surface area contributed by atoms with Gasteiger partial charge in [0.1, 0.15) is 0 Å². The summed E-state index contributed by atoms with van der Waals surface area (Å²) in [4.78, 5) is 4.62. The molecule has 1 fully saturated rings. The van der Waals surface area contributed by atoms with E-state index >= 15 is 0 Å². The Morgan fingerprint density at radius 3 is 2.79 bits per heavy atom. The predicted molar refractivity (Wildman–Crippen MR) is 81.6 cm³/mol. The van der Waals surface area contributed by atoms with E-state index in [4.69, 9.17) is 4.74 Å². The van der Waals surface area contributed by atoms with E-state index in [1.54, 1.807) is 0 Å². The van der Waals surface area contributed by atoms with Gasteiger partial charge in [-0.2, -0.15) is 0 Å². The number of guanidine groups is 1. The summed E-state index contributed by atoms with van der Waals surface area (Å²) in [5.74, 6) is 1.86. The number of rotatable bonds is 10. The van der Waals surface area contributed by atoms with Gasteiger partial charge in [-0.3, -0.25) is 4.99 Å². The third-order valence-electron chi connectivity index (χ3n) is 3.42. The Morgan fingerprint density at radius 1 is 1.26 bits per heavy atom. The monoisotopic (exact) mass is 269 g/mol. The quantitative estimate of drug-likeness (QED) is 0.364. The Bertz CT molecular complexity index is 256. The van der Waals surface area contributed by atoms with E-state index in [0.29, 0.717) is 6.04 Å². The van der Waals surface area contributed by atoms with E-state index in [2.05, 4.69) is 29.5 Å². The van der Waals surface area contributed by atoms with Crippen LogP contribution in [0.5, 0.6) is 0 Å². The van der Waals surface area contributed by atoms with Crippen LogP contribution < -0.4 is 10.6 Å². The molecule has 1 rings (SSSR count). The first-order chi connectivity index (χ1) is 9.31. The van der Waals surface area contributed by atoms with Crippen molar-refractivity contribution in [2.75, 3.05) is 26.3 Å². The number of nitrogens with zero attached hydrogens (tertiary/aromatic N) is 1. The van der Waals surface area contributed by atoms with E-state index in [1.807, 2.05) is 6.92 Å². The minimum Gasteiger partial charge on any atom is -0.382 e. The molecule has 0 aromatic heterocycles. The summed E-state index contributed by atoms with van der Waals surface area (Å²) in [6.07, 6.45) is 6.13. The Morgan fingerprint density at radius 2 is 2.11 bits per heavy atom. The first kappa shape index (κ1) is 16.3. The second-order valence-corrected chi connectivity index (χ2v) is 5.20. The molecule has 2 unspecified atom stereocenters. The normalized spacial score (nSPS) is 22.4. The van der Waals surface area contributed by atoms with Crippen LogP contribution in [0.3, 0.4) is 0 Å². The molecule has 0 bridgehead atoms. The highest BCUT2D eigenvalue weighted by Crippen LogP contribution is 2.34. The van der Waals surface area contributed by atoms with Crippen molar-refractivity contribution in [3.05, 3.63) is 0 Å². The lowest BCUT2D eigenvalue weighted by atomic mass is 10.2. The molecule has 0 saturated heterocycles. The van der Waals surface area contributed by atoms with Gasteiger partial charge in [0.05, 0.1) is 0 Å². The largest absolute Gasteiger partial charge is 0.382 e. The molecule has 0 aromatic rings. The highest BCUT2D eigenvalue weighted by molar-refractivity contribution is 5.80. The van der Waals surface area contributed by atoms with Crippen molar-refractivity contribution >= 4 is 5.96 Å². The zero-order valence-electron chi connectivity index (χ0n) is 12.9. The third kappa shape index (κ3) is 7.41. The van der Waals surface area contributed by atoms with Gasteiger partial charge in [0.15, 0.2) is 5.96 Å². The summed E-state index contributed by atoms with van der Waals surface area (Å²) >= 11 is 0. The van der Waals surface area contributed by atoms with Gasteiger partial charge < -0.3 is 15.4 Å². The van der Waals surface area contributed by atoms with Gasteiger partial charge in [-0.05, 0) is 45.4 Å². The average Bonchev–Trinajstić information content (AvgIpc) is 3.12. The summed E-state index contributed by atoms with van der Waals surface area (Å²) in [5, 5.41) is 6.86. The Balaban J connectivity index is 2.16. The van der Waals surface area contributed by atoms with Crippen molar-refractivity contribution in [3.8, 4) is 0 Å². The van der Waals surface area contributed by atoms with Crippen LogP contribution in [0.1, 0.15) is 52.9 Å². The van der Waals surface area contributed by atoms with Crippen molar-refractivity contribution in [1.29, 1.82) is 0 Å². The molecule has 4 heteroatoms. The smallest absolute Gasteiger partial charge is 0.191 e. The van der Waals surface area contributed by atoms with Crippen LogP contribution in [-0.2, 0) is 4.74 Å². The summed E-state index contributed by atoms with van der Waals surface area (Å²) in [6.45, 7) is 9.89. The first-order valence-electron chi connectivity index (χ1n) is 7.94. The number of unbranched alkanes of at least 4 members (excludes halogenated alkanes) is 1. The maximum atomic E-state index is 5.32. The molecule has 0 spiro atoms. The maximum absolute atomic E-state index is 5.32. The Kier molecular flexibility index (Phi) is 8.63. The van der Waals surface area contributed by atoms with Crippen molar-refractivity contribution in [1.82, 2.24) is 10.6 Å². The number of nitrogens with one attached hydrogen (secondary N) is 2. The summed E-state index contributed by atoms with van der Waals surface area (Å²) in [7, 11) is 0. The highest BCUT2D eigenvalue weighted by Gasteiger charge is 2.36. The second-order valence-electron chi connectivity index (χ2n) is 5.20. The third-order valence-corrected chi connectivity index (χ3v) is 3.42. The molecule has 4 nitrogen and oxygen atoms in total. The molecule has 2 N–H and O–H groups in total. The van der Waals surface area contributed by atoms with Crippen LogP contribution in [-0.4, -0.2) is 38.3 Å². The first-order valence-corrected chi connectivity index (χ1v) is 7.94. The molecule has 0 radical (unpaired) electrons. The van der Waals surface area contributed by atoms with Crippen LogP contribution in [0.25, 0.3) is 0 Å². The van der Waals surface area contributed by atoms with Gasteiger partial charge in [-0.1, -0.05) is 13.3 Å². The number of hydrogen-bond donors (Lipinski definition) is 2. The number of hydrogen-bond acceptors (Lipinski definition) is 2. The SMILES string of the molecule is CCCC1CC1NC(=NCCCCOCC)NCC. The molecule has 0 aromatic carbocycles. The fourth-order valence-corrected chi connectivity index (χ4v) is 2.26. The molecule has 2 atom stereocenters. The van der Waals surface area contributed by atoms with E-state index < -0.39 is 0 Å². The van der Waals surface area contributed by atoms with Gasteiger partial charge in [0, 0.05) is 32.3 Å². The Hall–Kier alpha value is -0.770. The fourth-order valence-electron chi connectivity index (χ4n) is 2.26. The van der Waals surface area contributed by atoms with Crippen molar-refractivity contribution < 1.29 is 4.74 Å². The van der Waals surface area contributed by atoms with Crippen molar-refractivity contribution in [3.63, 3.8) is 0 Å². The predicted octanol–water partition coefficient (Wildman–Crippen LogP) is 2.55. The van der Waals surface area contributed by atoms with Gasteiger partial charge in [0.25, 0.3) is 0 Å². The summed E-state index contributed by atoms with van der Waals surface area (Å²) in [5.41, 5.74) is 0. The molecule has 19 heavy (non-hydrogen) atoms. The van der Waals surface area contributed by atoms with Crippen LogP contribution in [0.15, 0.2) is 4.99 Å². The molecule has 0 aliphatic heterocycles. The fraction of sp³-hybridized carbons (Fsp3) is 0.933. The zero-order chi connectivity index (χ0) is 13.9. The van der Waals surface area contributed by atoms with E-state index in [9.17, 15) is 0 Å². The molecule has 1 aliphatic carbocycles.